The zero-order valence-electron chi connectivity index (χ0n) is 18.4. The van der Waals surface area contributed by atoms with Gasteiger partial charge < -0.3 is 15.1 Å². The van der Waals surface area contributed by atoms with Gasteiger partial charge in [-0.2, -0.15) is 0 Å². The van der Waals surface area contributed by atoms with Crippen molar-refractivity contribution in [3.8, 4) is 5.75 Å². The molecule has 3 aliphatic rings. The van der Waals surface area contributed by atoms with Crippen molar-refractivity contribution in [1.82, 2.24) is 14.2 Å². The van der Waals surface area contributed by atoms with Crippen molar-refractivity contribution in [2.45, 2.75) is 63.6 Å². The van der Waals surface area contributed by atoms with E-state index in [0.29, 0.717) is 18.4 Å². The van der Waals surface area contributed by atoms with E-state index in [4.69, 9.17) is 9.72 Å². The Morgan fingerprint density at radius 1 is 1.20 bits per heavy atom. The Labute approximate surface area is 182 Å². The Hall–Kier alpha value is -1.09. The van der Waals surface area contributed by atoms with E-state index in [0.717, 1.165) is 69.7 Å². The third kappa shape index (κ3) is 5.58. The number of ether oxygens (including phenoxy) is 1. The van der Waals surface area contributed by atoms with Gasteiger partial charge in [-0.1, -0.05) is 0 Å². The predicted molar refractivity (Wildman–Crippen MR) is 118 cm³/mol. The zero-order valence-corrected chi connectivity index (χ0v) is 19.2. The third-order valence-corrected chi connectivity index (χ3v) is 7.75. The Bertz CT molecular complexity index is 742. The SMILES string of the molecule is CS(=O)N1CCC(c2cc3c(cn2)OC(C2CCN(CC(C)(C)F)CC2)C3)CC1.O. The van der Waals surface area contributed by atoms with E-state index in [9.17, 15) is 8.60 Å². The number of aromatic nitrogens is 1. The summed E-state index contributed by atoms with van der Waals surface area (Å²) in [7, 11) is -0.871. The van der Waals surface area contributed by atoms with E-state index in [1.54, 1.807) is 20.1 Å². The van der Waals surface area contributed by atoms with Crippen molar-refractivity contribution in [1.29, 1.82) is 0 Å². The number of pyridine rings is 1. The number of rotatable bonds is 5. The molecule has 0 saturated carbocycles. The van der Waals surface area contributed by atoms with Crippen LogP contribution in [0.5, 0.6) is 5.75 Å². The fourth-order valence-corrected chi connectivity index (χ4v) is 5.82. The molecule has 2 atom stereocenters. The van der Waals surface area contributed by atoms with Gasteiger partial charge in [0.05, 0.1) is 17.2 Å². The van der Waals surface area contributed by atoms with Crippen LogP contribution in [0.15, 0.2) is 12.3 Å². The molecule has 1 aromatic rings. The average molecular weight is 442 g/mol. The molecule has 0 spiro atoms. The number of nitrogens with zero attached hydrogens (tertiary/aromatic N) is 3. The van der Waals surface area contributed by atoms with E-state index in [2.05, 4.69) is 11.0 Å². The summed E-state index contributed by atoms with van der Waals surface area (Å²) in [5, 5.41) is 0. The van der Waals surface area contributed by atoms with Crippen molar-refractivity contribution in [3.05, 3.63) is 23.5 Å². The maximum atomic E-state index is 13.9. The molecule has 3 aliphatic heterocycles. The molecule has 4 rings (SSSR count). The Balaban J connectivity index is 0.00000256. The zero-order chi connectivity index (χ0) is 20.6. The second kappa shape index (κ2) is 9.59. The quantitative estimate of drug-likeness (QED) is 0.703. The first-order valence-corrected chi connectivity index (χ1v) is 12.5. The van der Waals surface area contributed by atoms with Gasteiger partial charge in [-0.15, -0.1) is 0 Å². The normalized spacial score (nSPS) is 25.4. The first-order valence-electron chi connectivity index (χ1n) is 10.9. The van der Waals surface area contributed by atoms with E-state index >= 15 is 0 Å². The molecule has 170 valence electrons. The maximum absolute atomic E-state index is 13.9. The molecule has 0 amide bonds. The highest BCUT2D eigenvalue weighted by molar-refractivity contribution is 7.81. The van der Waals surface area contributed by atoms with Crippen LogP contribution < -0.4 is 4.74 Å². The summed E-state index contributed by atoms with van der Waals surface area (Å²) in [4.78, 5) is 6.95. The Morgan fingerprint density at radius 3 is 2.47 bits per heavy atom. The number of hydrogen-bond donors (Lipinski definition) is 0. The van der Waals surface area contributed by atoms with Gasteiger partial charge in [0.25, 0.3) is 0 Å². The lowest BCUT2D eigenvalue weighted by atomic mass is 9.88. The molecule has 0 radical (unpaired) electrons. The Kier molecular flexibility index (Phi) is 7.53. The van der Waals surface area contributed by atoms with Crippen LogP contribution >= 0.6 is 0 Å². The minimum absolute atomic E-state index is 0. The molecular formula is C22H36FN3O3S. The van der Waals surface area contributed by atoms with Crippen LogP contribution in [0.2, 0.25) is 0 Å². The first-order chi connectivity index (χ1) is 13.8. The molecule has 0 bridgehead atoms. The largest absolute Gasteiger partial charge is 0.488 e. The molecule has 4 heterocycles. The van der Waals surface area contributed by atoms with Gasteiger partial charge in [0.2, 0.25) is 0 Å². The van der Waals surface area contributed by atoms with Crippen molar-refractivity contribution in [2.75, 3.05) is 39.0 Å². The molecule has 2 fully saturated rings. The molecule has 0 aromatic carbocycles. The van der Waals surface area contributed by atoms with Gasteiger partial charge in [0, 0.05) is 49.5 Å². The summed E-state index contributed by atoms with van der Waals surface area (Å²) in [6, 6.07) is 2.25. The average Bonchev–Trinajstić information content (AvgIpc) is 3.10. The lowest BCUT2D eigenvalue weighted by molar-refractivity contribution is 0.0606. The molecule has 2 saturated heterocycles. The molecule has 2 unspecified atom stereocenters. The summed E-state index contributed by atoms with van der Waals surface area (Å²) < 4.78 is 33.9. The highest BCUT2D eigenvalue weighted by atomic mass is 32.2. The first kappa shape index (κ1) is 23.6. The van der Waals surface area contributed by atoms with E-state index < -0.39 is 16.7 Å². The van der Waals surface area contributed by atoms with Crippen LogP contribution in [-0.2, 0) is 17.4 Å². The minimum Gasteiger partial charge on any atom is -0.488 e. The topological polar surface area (TPSA) is 77.2 Å². The van der Waals surface area contributed by atoms with Gasteiger partial charge in [0.1, 0.15) is 17.5 Å². The van der Waals surface area contributed by atoms with Gasteiger partial charge in [-0.25, -0.2) is 12.9 Å². The van der Waals surface area contributed by atoms with Gasteiger partial charge >= 0.3 is 0 Å². The van der Waals surface area contributed by atoms with Crippen molar-refractivity contribution in [3.63, 3.8) is 0 Å². The van der Waals surface area contributed by atoms with E-state index in [1.165, 1.54) is 5.56 Å². The second-order valence-electron chi connectivity index (χ2n) is 9.54. The highest BCUT2D eigenvalue weighted by Crippen LogP contribution is 2.37. The van der Waals surface area contributed by atoms with Crippen LogP contribution in [0.1, 0.15) is 56.7 Å². The highest BCUT2D eigenvalue weighted by Gasteiger charge is 2.35. The minimum atomic E-state index is -1.13. The number of fused-ring (bicyclic) bond motifs is 1. The smallest absolute Gasteiger partial charge is 0.141 e. The predicted octanol–water partition coefficient (Wildman–Crippen LogP) is 2.49. The van der Waals surface area contributed by atoms with Crippen LogP contribution in [-0.4, -0.2) is 74.6 Å². The van der Waals surface area contributed by atoms with Gasteiger partial charge in [-0.05, 0) is 64.6 Å². The summed E-state index contributed by atoms with van der Waals surface area (Å²) in [6.45, 7) is 7.49. The fourth-order valence-electron chi connectivity index (χ4n) is 5.10. The summed E-state index contributed by atoms with van der Waals surface area (Å²) in [6.07, 6.45) is 9.03. The third-order valence-electron chi connectivity index (χ3n) is 6.66. The van der Waals surface area contributed by atoms with Crippen molar-refractivity contribution < 1.29 is 18.8 Å². The van der Waals surface area contributed by atoms with Gasteiger partial charge in [-0.3, -0.25) is 4.98 Å². The standard InChI is InChI=1S/C22H34FN3O2S.H2O/c1-22(2,23)15-25-8-4-17(5-9-25)20-13-18-12-19(24-14-21(18)28-20)16-6-10-26(11-7-16)29(3)27;/h12,14,16-17,20H,4-11,13,15H2,1-3H3;1H2. The number of piperidine rings is 2. The molecular weight excluding hydrogens is 405 g/mol. The molecule has 0 aliphatic carbocycles. The molecule has 2 N–H and O–H groups in total. The molecule has 6 nitrogen and oxygen atoms in total. The maximum Gasteiger partial charge on any atom is 0.141 e. The van der Waals surface area contributed by atoms with E-state index in [-0.39, 0.29) is 11.6 Å². The van der Waals surface area contributed by atoms with Crippen LogP contribution in [0.4, 0.5) is 4.39 Å². The van der Waals surface area contributed by atoms with Gasteiger partial charge in [0.15, 0.2) is 0 Å². The number of likely N-dealkylation sites (tertiary alicyclic amines) is 1. The number of alkyl halides is 1. The number of halogens is 1. The monoisotopic (exact) mass is 441 g/mol. The second-order valence-corrected chi connectivity index (χ2v) is 10.9. The van der Waals surface area contributed by atoms with E-state index in [1.807, 2.05) is 10.5 Å². The number of hydrogen-bond acceptors (Lipinski definition) is 4. The lowest BCUT2D eigenvalue weighted by Crippen LogP contribution is -2.43. The van der Waals surface area contributed by atoms with Crippen LogP contribution in [0, 0.1) is 5.92 Å². The summed E-state index contributed by atoms with van der Waals surface area (Å²) >= 11 is 0. The van der Waals surface area contributed by atoms with Crippen LogP contribution in [0.25, 0.3) is 0 Å². The summed E-state index contributed by atoms with van der Waals surface area (Å²) in [5.41, 5.74) is 1.32. The summed E-state index contributed by atoms with van der Waals surface area (Å²) in [5.74, 6) is 1.93. The molecule has 1 aromatic heterocycles. The van der Waals surface area contributed by atoms with Crippen LogP contribution in [0.3, 0.4) is 0 Å². The molecule has 30 heavy (non-hydrogen) atoms. The Morgan fingerprint density at radius 2 is 1.87 bits per heavy atom. The lowest BCUT2D eigenvalue weighted by Gasteiger charge is -2.36. The fraction of sp³-hybridized carbons (Fsp3) is 0.773. The van der Waals surface area contributed by atoms with Crippen molar-refractivity contribution >= 4 is 11.0 Å². The van der Waals surface area contributed by atoms with Crippen molar-refractivity contribution in [2.24, 2.45) is 5.92 Å². The molecule has 8 heteroatoms.